The number of nitrogens with two attached hydrogens (primary N) is 1. The van der Waals surface area contributed by atoms with Gasteiger partial charge in [0.1, 0.15) is 12.7 Å². The Morgan fingerprint density at radius 2 is 2.13 bits per heavy atom. The van der Waals surface area contributed by atoms with Gasteiger partial charge in [-0.3, -0.25) is 0 Å². The summed E-state index contributed by atoms with van der Waals surface area (Å²) in [6, 6.07) is 7.04. The summed E-state index contributed by atoms with van der Waals surface area (Å²) in [7, 11) is -3.54. The summed E-state index contributed by atoms with van der Waals surface area (Å²) in [6.45, 7) is 3.86. The molecule has 1 saturated heterocycles. The number of benzene rings is 1. The van der Waals surface area contributed by atoms with Crippen molar-refractivity contribution in [1.82, 2.24) is 19.1 Å². The van der Waals surface area contributed by atoms with Gasteiger partial charge < -0.3 is 5.73 Å². The van der Waals surface area contributed by atoms with E-state index in [4.69, 9.17) is 5.73 Å². The number of hydrogen-bond donors (Lipinski definition) is 1. The number of rotatable bonds is 5. The first kappa shape index (κ1) is 16.1. The molecule has 0 saturated carbocycles. The van der Waals surface area contributed by atoms with Crippen LogP contribution in [0, 0.1) is 5.41 Å². The highest BCUT2D eigenvalue weighted by Gasteiger charge is 2.39. The van der Waals surface area contributed by atoms with Crippen molar-refractivity contribution in [3.05, 3.63) is 42.5 Å². The smallest absolute Gasteiger partial charge is 0.243 e. The number of hydrogen-bond acceptors (Lipinski definition) is 5. The summed E-state index contributed by atoms with van der Waals surface area (Å²) in [6.07, 6.45) is 3.79. The minimum atomic E-state index is -3.54. The molecule has 1 aromatic carbocycles. The molecule has 0 aliphatic carbocycles. The van der Waals surface area contributed by atoms with Gasteiger partial charge in [-0.05, 0) is 30.0 Å². The van der Waals surface area contributed by atoms with Crippen LogP contribution in [0.5, 0.6) is 0 Å². The molecule has 2 aromatic rings. The number of aromatic nitrogens is 3. The number of nitrogens with zero attached hydrogens (tertiary/aromatic N) is 4. The molecule has 0 radical (unpaired) electrons. The van der Waals surface area contributed by atoms with Crippen LogP contribution in [0.15, 0.2) is 41.8 Å². The second-order valence-electron chi connectivity index (χ2n) is 6.30. The molecule has 0 spiro atoms. The van der Waals surface area contributed by atoms with E-state index in [2.05, 4.69) is 10.1 Å². The van der Waals surface area contributed by atoms with Crippen molar-refractivity contribution >= 4 is 10.0 Å². The highest BCUT2D eigenvalue weighted by Crippen LogP contribution is 2.33. The van der Waals surface area contributed by atoms with Crippen LogP contribution in [-0.2, 0) is 16.6 Å². The lowest BCUT2D eigenvalue weighted by Crippen LogP contribution is -2.35. The maximum atomic E-state index is 13.0. The van der Waals surface area contributed by atoms with Crippen molar-refractivity contribution < 1.29 is 8.42 Å². The monoisotopic (exact) mass is 335 g/mol. The van der Waals surface area contributed by atoms with Gasteiger partial charge in [-0.1, -0.05) is 25.1 Å². The average Bonchev–Trinajstić information content (AvgIpc) is 3.18. The van der Waals surface area contributed by atoms with Gasteiger partial charge >= 0.3 is 0 Å². The summed E-state index contributed by atoms with van der Waals surface area (Å²) in [5, 5.41) is 4.05. The third-order valence-corrected chi connectivity index (χ3v) is 6.35. The first-order valence-corrected chi connectivity index (χ1v) is 8.99. The lowest BCUT2D eigenvalue weighted by atomic mass is 9.90. The zero-order valence-corrected chi connectivity index (χ0v) is 13.9. The summed E-state index contributed by atoms with van der Waals surface area (Å²) in [5.74, 6) is 0. The van der Waals surface area contributed by atoms with Crippen LogP contribution in [-0.4, -0.2) is 47.1 Å². The molecule has 8 heteroatoms. The molecule has 2 heterocycles. The van der Waals surface area contributed by atoms with Crippen LogP contribution in [0.4, 0.5) is 0 Å². The second-order valence-corrected chi connectivity index (χ2v) is 8.21. The van der Waals surface area contributed by atoms with Crippen molar-refractivity contribution in [3.63, 3.8) is 0 Å². The Morgan fingerprint density at radius 1 is 1.35 bits per heavy atom. The molecule has 7 nitrogen and oxygen atoms in total. The quantitative estimate of drug-likeness (QED) is 0.867. The van der Waals surface area contributed by atoms with Gasteiger partial charge in [-0.25, -0.2) is 18.1 Å². The number of sulfonamides is 1. The van der Waals surface area contributed by atoms with Crippen molar-refractivity contribution in [2.75, 3.05) is 19.6 Å². The zero-order chi connectivity index (χ0) is 16.5. The molecular weight excluding hydrogens is 314 g/mol. The molecule has 23 heavy (non-hydrogen) atoms. The van der Waals surface area contributed by atoms with Gasteiger partial charge in [0, 0.05) is 13.1 Å². The standard InChI is InChI=1S/C15H21N5O2S/c1-15(9-16)6-7-20(10-15)23(21,22)14-5-3-2-4-13(14)8-19-12-17-11-18-19/h2-5,11-12H,6-10,16H2,1H3. The van der Waals surface area contributed by atoms with E-state index >= 15 is 0 Å². The van der Waals surface area contributed by atoms with Crippen LogP contribution in [0.3, 0.4) is 0 Å². The second kappa shape index (κ2) is 6.03. The minimum absolute atomic E-state index is 0.145. The molecule has 0 bridgehead atoms. The average molecular weight is 335 g/mol. The Labute approximate surface area is 136 Å². The van der Waals surface area contributed by atoms with E-state index in [9.17, 15) is 8.42 Å². The summed E-state index contributed by atoms with van der Waals surface area (Å²) >= 11 is 0. The molecule has 124 valence electrons. The van der Waals surface area contributed by atoms with Crippen molar-refractivity contribution in [2.45, 2.75) is 24.8 Å². The Kier molecular flexibility index (Phi) is 4.22. The fourth-order valence-corrected chi connectivity index (χ4v) is 4.67. The molecule has 1 aromatic heterocycles. The van der Waals surface area contributed by atoms with E-state index in [1.807, 2.05) is 19.1 Å². The van der Waals surface area contributed by atoms with Crippen molar-refractivity contribution in [3.8, 4) is 0 Å². The largest absolute Gasteiger partial charge is 0.330 e. The summed E-state index contributed by atoms with van der Waals surface area (Å²) in [5.41, 5.74) is 6.36. The fourth-order valence-electron chi connectivity index (χ4n) is 2.86. The lowest BCUT2D eigenvalue weighted by molar-refractivity contribution is 0.349. The van der Waals surface area contributed by atoms with Crippen LogP contribution >= 0.6 is 0 Å². The van der Waals surface area contributed by atoms with Crippen molar-refractivity contribution in [1.29, 1.82) is 0 Å². The minimum Gasteiger partial charge on any atom is -0.330 e. The van der Waals surface area contributed by atoms with Crippen LogP contribution in [0.2, 0.25) is 0 Å². The molecule has 3 rings (SSSR count). The first-order chi connectivity index (χ1) is 10.9. The third-order valence-electron chi connectivity index (χ3n) is 4.40. The Hall–Kier alpha value is -1.77. The fraction of sp³-hybridized carbons (Fsp3) is 0.467. The molecule has 1 unspecified atom stereocenters. The maximum absolute atomic E-state index is 13.0. The Morgan fingerprint density at radius 3 is 2.78 bits per heavy atom. The van der Waals surface area contributed by atoms with Gasteiger partial charge in [0.25, 0.3) is 0 Å². The van der Waals surface area contributed by atoms with Crippen molar-refractivity contribution in [2.24, 2.45) is 11.1 Å². The molecule has 1 aliphatic heterocycles. The molecule has 1 aliphatic rings. The normalized spacial score (nSPS) is 22.5. The lowest BCUT2D eigenvalue weighted by Gasteiger charge is -2.23. The zero-order valence-electron chi connectivity index (χ0n) is 13.1. The van der Waals surface area contributed by atoms with E-state index in [1.165, 1.54) is 6.33 Å². The van der Waals surface area contributed by atoms with Gasteiger partial charge in [-0.2, -0.15) is 9.40 Å². The SMILES string of the molecule is CC1(CN)CCN(S(=O)(=O)c2ccccc2Cn2cncn2)C1. The van der Waals surface area contributed by atoms with E-state index in [-0.39, 0.29) is 5.41 Å². The third kappa shape index (κ3) is 3.15. The van der Waals surface area contributed by atoms with Gasteiger partial charge in [0.15, 0.2) is 0 Å². The molecule has 0 amide bonds. The van der Waals surface area contributed by atoms with E-state index in [1.54, 1.807) is 27.4 Å². The van der Waals surface area contributed by atoms with Crippen LogP contribution < -0.4 is 5.73 Å². The highest BCUT2D eigenvalue weighted by molar-refractivity contribution is 7.89. The molecular formula is C15H21N5O2S. The van der Waals surface area contributed by atoms with Gasteiger partial charge in [0.2, 0.25) is 10.0 Å². The van der Waals surface area contributed by atoms with Gasteiger partial charge in [-0.15, -0.1) is 0 Å². The van der Waals surface area contributed by atoms with Crippen LogP contribution in [0.25, 0.3) is 0 Å². The predicted molar refractivity (Wildman–Crippen MR) is 86.1 cm³/mol. The molecule has 1 fully saturated rings. The first-order valence-electron chi connectivity index (χ1n) is 7.55. The summed E-state index contributed by atoms with van der Waals surface area (Å²) < 4.78 is 29.2. The Bertz CT molecular complexity index is 775. The van der Waals surface area contributed by atoms with E-state index < -0.39 is 10.0 Å². The summed E-state index contributed by atoms with van der Waals surface area (Å²) in [4.78, 5) is 4.23. The predicted octanol–water partition coefficient (Wildman–Crippen LogP) is 0.686. The van der Waals surface area contributed by atoms with Gasteiger partial charge in [0.05, 0.1) is 11.4 Å². The topological polar surface area (TPSA) is 94.1 Å². The van der Waals surface area contributed by atoms with E-state index in [0.717, 1.165) is 6.42 Å². The highest BCUT2D eigenvalue weighted by atomic mass is 32.2. The molecule has 1 atom stereocenters. The van der Waals surface area contributed by atoms with E-state index in [0.29, 0.717) is 36.6 Å². The maximum Gasteiger partial charge on any atom is 0.243 e. The Balaban J connectivity index is 1.92. The molecule has 2 N–H and O–H groups in total. The van der Waals surface area contributed by atoms with Crippen LogP contribution in [0.1, 0.15) is 18.9 Å².